The fourth-order valence-corrected chi connectivity index (χ4v) is 2.12. The first kappa shape index (κ1) is 14.0. The lowest BCUT2D eigenvalue weighted by Gasteiger charge is -2.12. The first-order chi connectivity index (χ1) is 8.08. The molecular formula is C11H13FO4S. The van der Waals surface area contributed by atoms with Crippen molar-refractivity contribution in [2.75, 3.05) is 20.0 Å². The number of benzene rings is 1. The predicted molar refractivity (Wildman–Crippen MR) is 61.9 cm³/mol. The molecule has 0 aliphatic heterocycles. The van der Waals surface area contributed by atoms with Crippen LogP contribution in [0.5, 0.6) is 0 Å². The van der Waals surface area contributed by atoms with E-state index in [1.54, 1.807) is 0 Å². The van der Waals surface area contributed by atoms with Gasteiger partial charge in [0.1, 0.15) is 5.82 Å². The number of methoxy groups -OCH3 is 2. The molecule has 6 heteroatoms. The van der Waals surface area contributed by atoms with Gasteiger partial charge >= 0.3 is 5.97 Å². The number of halogens is 1. The van der Waals surface area contributed by atoms with E-state index >= 15 is 0 Å². The van der Waals surface area contributed by atoms with Gasteiger partial charge in [-0.05, 0) is 18.2 Å². The Morgan fingerprint density at radius 1 is 1.47 bits per heavy atom. The van der Waals surface area contributed by atoms with Crippen molar-refractivity contribution in [1.82, 2.24) is 0 Å². The fourth-order valence-electron chi connectivity index (χ4n) is 1.15. The summed E-state index contributed by atoms with van der Waals surface area (Å²) < 4.78 is 23.1. The molecule has 0 saturated heterocycles. The molecule has 0 saturated carbocycles. The summed E-state index contributed by atoms with van der Waals surface area (Å²) in [6.07, 6.45) is -0.377. The van der Waals surface area contributed by atoms with Crippen molar-refractivity contribution >= 4 is 17.7 Å². The summed E-state index contributed by atoms with van der Waals surface area (Å²) in [5, 5.41) is 8.76. The number of hydrogen-bond acceptors (Lipinski definition) is 4. The molecule has 94 valence electrons. The van der Waals surface area contributed by atoms with Gasteiger partial charge in [-0.2, -0.15) is 0 Å². The van der Waals surface area contributed by atoms with Crippen LogP contribution in [0.25, 0.3) is 0 Å². The van der Waals surface area contributed by atoms with Gasteiger partial charge in [0.2, 0.25) is 0 Å². The van der Waals surface area contributed by atoms with Crippen LogP contribution in [0.3, 0.4) is 0 Å². The van der Waals surface area contributed by atoms with Crippen LogP contribution in [-0.4, -0.2) is 37.3 Å². The number of carbonyl (C=O) groups is 1. The standard InChI is InChI=1S/C11H13FO4S/c1-15-10(16-2)6-17-7-3-4-9(12)8(5-7)11(13)14/h3-5,10H,6H2,1-2H3,(H,13,14). The monoisotopic (exact) mass is 260 g/mol. The van der Waals surface area contributed by atoms with Crippen molar-refractivity contribution in [3.05, 3.63) is 29.6 Å². The number of rotatable bonds is 6. The molecule has 0 unspecified atom stereocenters. The molecule has 0 atom stereocenters. The summed E-state index contributed by atoms with van der Waals surface area (Å²) in [6, 6.07) is 3.96. The van der Waals surface area contributed by atoms with Crippen molar-refractivity contribution in [3.63, 3.8) is 0 Å². The fraction of sp³-hybridized carbons (Fsp3) is 0.364. The molecule has 0 heterocycles. The average molecular weight is 260 g/mol. The number of carboxylic acids is 1. The third kappa shape index (κ3) is 3.99. The van der Waals surface area contributed by atoms with Crippen LogP contribution in [0.2, 0.25) is 0 Å². The summed E-state index contributed by atoms with van der Waals surface area (Å²) in [6.45, 7) is 0. The Balaban J connectivity index is 2.72. The largest absolute Gasteiger partial charge is 0.478 e. The zero-order valence-electron chi connectivity index (χ0n) is 9.47. The molecule has 1 rings (SSSR count). The minimum atomic E-state index is -1.28. The lowest BCUT2D eigenvalue weighted by Crippen LogP contribution is -2.15. The smallest absolute Gasteiger partial charge is 0.338 e. The lowest BCUT2D eigenvalue weighted by molar-refractivity contribution is -0.0842. The van der Waals surface area contributed by atoms with E-state index in [-0.39, 0.29) is 11.9 Å². The number of hydrogen-bond donors (Lipinski definition) is 1. The lowest BCUT2D eigenvalue weighted by atomic mass is 10.2. The second-order valence-corrected chi connectivity index (χ2v) is 4.25. The van der Waals surface area contributed by atoms with E-state index in [0.29, 0.717) is 10.6 Å². The van der Waals surface area contributed by atoms with Gasteiger partial charge in [0.15, 0.2) is 6.29 Å². The Bertz CT molecular complexity index is 393. The molecule has 0 aliphatic rings. The maximum absolute atomic E-state index is 13.1. The van der Waals surface area contributed by atoms with Gasteiger partial charge in [-0.25, -0.2) is 9.18 Å². The van der Waals surface area contributed by atoms with Gasteiger partial charge in [-0.15, -0.1) is 11.8 Å². The van der Waals surface area contributed by atoms with Gasteiger partial charge in [-0.3, -0.25) is 0 Å². The second kappa shape index (κ2) is 6.58. The quantitative estimate of drug-likeness (QED) is 0.628. The zero-order chi connectivity index (χ0) is 12.8. The second-order valence-electron chi connectivity index (χ2n) is 3.16. The highest BCUT2D eigenvalue weighted by Crippen LogP contribution is 2.22. The average Bonchev–Trinajstić information content (AvgIpc) is 2.32. The van der Waals surface area contributed by atoms with Crippen LogP contribution in [0.1, 0.15) is 10.4 Å². The van der Waals surface area contributed by atoms with Crippen molar-refractivity contribution in [2.45, 2.75) is 11.2 Å². The van der Waals surface area contributed by atoms with E-state index < -0.39 is 11.8 Å². The Kier molecular flexibility index (Phi) is 5.40. The topological polar surface area (TPSA) is 55.8 Å². The molecule has 0 amide bonds. The van der Waals surface area contributed by atoms with E-state index in [4.69, 9.17) is 14.6 Å². The molecule has 1 aromatic rings. The van der Waals surface area contributed by atoms with Gasteiger partial charge in [0.05, 0.1) is 5.56 Å². The molecule has 1 aromatic carbocycles. The van der Waals surface area contributed by atoms with Crippen molar-refractivity contribution in [3.8, 4) is 0 Å². The minimum Gasteiger partial charge on any atom is -0.478 e. The summed E-state index contributed by atoms with van der Waals surface area (Å²) >= 11 is 1.34. The first-order valence-corrected chi connectivity index (χ1v) is 5.78. The SMILES string of the molecule is COC(CSc1ccc(F)c(C(=O)O)c1)OC. The normalized spacial score (nSPS) is 10.8. The van der Waals surface area contributed by atoms with Gasteiger partial charge in [-0.1, -0.05) is 0 Å². The van der Waals surface area contributed by atoms with Crippen molar-refractivity contribution in [1.29, 1.82) is 0 Å². The van der Waals surface area contributed by atoms with Crippen LogP contribution >= 0.6 is 11.8 Å². The van der Waals surface area contributed by atoms with Crippen LogP contribution < -0.4 is 0 Å². The van der Waals surface area contributed by atoms with Crippen molar-refractivity contribution in [2.24, 2.45) is 0 Å². The number of thioether (sulfide) groups is 1. The molecule has 0 spiro atoms. The van der Waals surface area contributed by atoms with Crippen LogP contribution in [0.4, 0.5) is 4.39 Å². The summed E-state index contributed by atoms with van der Waals surface area (Å²) in [5.74, 6) is -1.52. The Morgan fingerprint density at radius 2 is 2.12 bits per heavy atom. The highest BCUT2D eigenvalue weighted by Gasteiger charge is 2.12. The highest BCUT2D eigenvalue weighted by atomic mass is 32.2. The number of ether oxygens (including phenoxy) is 2. The maximum Gasteiger partial charge on any atom is 0.338 e. The number of carboxylic acid groups (broad SMARTS) is 1. The maximum atomic E-state index is 13.1. The van der Waals surface area contributed by atoms with Crippen LogP contribution in [0.15, 0.2) is 23.1 Å². The van der Waals surface area contributed by atoms with E-state index in [2.05, 4.69) is 0 Å². The molecule has 17 heavy (non-hydrogen) atoms. The Morgan fingerprint density at radius 3 is 2.65 bits per heavy atom. The van der Waals surface area contributed by atoms with E-state index in [1.165, 1.54) is 38.1 Å². The molecule has 4 nitrogen and oxygen atoms in total. The zero-order valence-corrected chi connectivity index (χ0v) is 10.3. The van der Waals surface area contributed by atoms with Crippen molar-refractivity contribution < 1.29 is 23.8 Å². The molecule has 0 aliphatic carbocycles. The van der Waals surface area contributed by atoms with Crippen LogP contribution in [0, 0.1) is 5.82 Å². The van der Waals surface area contributed by atoms with Crippen LogP contribution in [-0.2, 0) is 9.47 Å². The van der Waals surface area contributed by atoms with E-state index in [9.17, 15) is 9.18 Å². The van der Waals surface area contributed by atoms with E-state index in [0.717, 1.165) is 6.07 Å². The summed E-state index contributed by atoms with van der Waals surface area (Å²) in [4.78, 5) is 11.4. The molecule has 0 fully saturated rings. The highest BCUT2D eigenvalue weighted by molar-refractivity contribution is 7.99. The molecule has 0 radical (unpaired) electrons. The minimum absolute atomic E-state index is 0.332. The third-order valence-electron chi connectivity index (χ3n) is 2.08. The van der Waals surface area contributed by atoms with Gasteiger partial charge in [0.25, 0.3) is 0 Å². The number of aromatic carboxylic acids is 1. The Labute approximate surface area is 103 Å². The molecule has 0 aromatic heterocycles. The van der Waals surface area contributed by atoms with E-state index in [1.807, 2.05) is 0 Å². The molecule has 1 N–H and O–H groups in total. The third-order valence-corrected chi connectivity index (χ3v) is 3.11. The summed E-state index contributed by atoms with van der Waals surface area (Å²) in [5.41, 5.74) is -0.332. The predicted octanol–water partition coefficient (Wildman–Crippen LogP) is 2.23. The first-order valence-electron chi connectivity index (χ1n) is 4.79. The van der Waals surface area contributed by atoms with Gasteiger partial charge in [0, 0.05) is 24.9 Å². The summed E-state index contributed by atoms with van der Waals surface area (Å²) in [7, 11) is 3.03. The molecule has 0 bridgehead atoms. The molecular weight excluding hydrogens is 247 g/mol. The Hall–Kier alpha value is -1.11. The van der Waals surface area contributed by atoms with Gasteiger partial charge < -0.3 is 14.6 Å².